The first-order chi connectivity index (χ1) is 30.0. The van der Waals surface area contributed by atoms with E-state index in [-0.39, 0.29) is 0 Å². The van der Waals surface area contributed by atoms with E-state index < -0.39 is 169 Å². The lowest BCUT2D eigenvalue weighted by atomic mass is 9.87. The van der Waals surface area contributed by atoms with Crippen LogP contribution in [0.2, 0.25) is 0 Å². The van der Waals surface area contributed by atoms with Gasteiger partial charge in [0, 0.05) is 21.3 Å². The highest BCUT2D eigenvalue weighted by molar-refractivity contribution is 14.1. The Bertz CT molecular complexity index is 1730. The van der Waals surface area contributed by atoms with Crippen molar-refractivity contribution < 1.29 is 190 Å². The molecule has 0 spiro atoms. The van der Waals surface area contributed by atoms with Gasteiger partial charge in [0.15, 0.2) is 0 Å². The molecule has 0 aromatic heterocycles. The Morgan fingerprint density at radius 3 is 0.507 bits per heavy atom. The summed E-state index contributed by atoms with van der Waals surface area (Å²) in [5.74, 6) is -156. The zero-order chi connectivity index (χ0) is 58.7. The monoisotopic (exact) mass is 1310 g/mol. The highest BCUT2D eigenvalue weighted by Crippen LogP contribution is 2.70. The second-order valence-corrected chi connectivity index (χ2v) is 16.5. The first kappa shape index (κ1) is 69.5. The molecule has 0 fully saturated rings. The molecule has 0 bridgehead atoms. The topological polar surface area (TPSA) is 20.2 Å². The Kier molecular flexibility index (Phi) is 17.9. The van der Waals surface area contributed by atoms with Crippen molar-refractivity contribution in [2.45, 2.75) is 118 Å². The highest BCUT2D eigenvalue weighted by atomic mass is 127. The smallest absolute Gasteiger partial charge is 0.396 e. The molecule has 0 atom stereocenters. The van der Waals surface area contributed by atoms with Crippen LogP contribution in [0, 0.1) is 5.41 Å². The van der Waals surface area contributed by atoms with Crippen LogP contribution >= 0.6 is 46.1 Å². The fourth-order valence-electron chi connectivity index (χ4n) is 4.01. The zero-order valence-electron chi connectivity index (χ0n) is 30.8. The van der Waals surface area contributed by atoms with Crippen molar-refractivity contribution in [3.8, 4) is 0 Å². The lowest BCUT2D eigenvalue weighted by Gasteiger charge is -2.45. The maximum Gasteiger partial charge on any atom is 0.460 e. The molecule has 428 valence electrons. The number of alkyl halides is 43. The average Bonchev–Trinajstić information content (AvgIpc) is 3.15. The molecule has 0 amide bonds. The predicted molar refractivity (Wildman–Crippen MR) is 154 cm³/mol. The molecule has 0 aliphatic heterocycles. The molecular formula is C25H9F42IOS2. The number of rotatable bonds is 24. The second-order valence-electron chi connectivity index (χ2n) is 13.6. The number of thioether (sulfide) groups is 2. The molecule has 0 heterocycles. The molecular weight excluding hydrogens is 1310 g/mol. The van der Waals surface area contributed by atoms with Crippen LogP contribution in [0.4, 0.5) is 184 Å². The minimum Gasteiger partial charge on any atom is -0.396 e. The summed E-state index contributed by atoms with van der Waals surface area (Å²) in [5.41, 5.74) is -3.94. The fourth-order valence-corrected chi connectivity index (χ4v) is 7.84. The van der Waals surface area contributed by atoms with Gasteiger partial charge >= 0.3 is 118 Å². The molecule has 0 radical (unpaired) electrons. The molecule has 0 saturated heterocycles. The van der Waals surface area contributed by atoms with Gasteiger partial charge in [-0.3, -0.25) is 0 Å². The van der Waals surface area contributed by atoms with Crippen LogP contribution in [0.25, 0.3) is 0 Å². The predicted octanol–water partition coefficient (Wildman–Crippen LogP) is 15.3. The summed E-state index contributed by atoms with van der Waals surface area (Å²) in [6.45, 7) is -2.66. The Morgan fingerprint density at radius 1 is 0.239 bits per heavy atom. The largest absolute Gasteiger partial charge is 0.460 e. The van der Waals surface area contributed by atoms with Gasteiger partial charge in [-0.15, -0.1) is 0 Å². The Hall–Kier alpha value is -1.55. The Balaban J connectivity index is 7.26. The summed E-state index contributed by atoms with van der Waals surface area (Å²) < 4.78 is 571. The van der Waals surface area contributed by atoms with Crippen LogP contribution in [-0.4, -0.2) is 145 Å². The molecule has 0 aliphatic carbocycles. The number of aliphatic hydroxyl groups excluding tert-OH is 1. The van der Waals surface area contributed by atoms with E-state index in [0.29, 0.717) is 22.6 Å². The minimum absolute atomic E-state index is 0.327. The van der Waals surface area contributed by atoms with Gasteiger partial charge in [0.1, 0.15) is 0 Å². The second kappa shape index (κ2) is 18.3. The van der Waals surface area contributed by atoms with Gasteiger partial charge < -0.3 is 5.11 Å². The van der Waals surface area contributed by atoms with E-state index >= 15 is 0 Å². The van der Waals surface area contributed by atoms with Gasteiger partial charge in [0.25, 0.3) is 0 Å². The minimum atomic E-state index is -9.71. The summed E-state index contributed by atoms with van der Waals surface area (Å²) in [4.78, 5) is 0. The van der Waals surface area contributed by atoms with E-state index in [1.54, 1.807) is 0 Å². The standard InChI is InChI=1S/C25H9F42IOS2/c26-6(27,10(34,35)14(42,43)18(50,51)22(58,59)60)8(30,31)12(38,39)16(46,47)20(54,55)24(64,65)70-3-5(1-68,2-69)4-71-25(66,67)21(56,57)17(48,49)13(40,41)9(32,33)7(28,29)11(36,37)15(44,45)19(52,53)23(61,62)63/h69H,1-4H2. The SMILES string of the molecule is OCC(CI)(CSC(F)(F)C(F)(F)C(F)(F)C(F)(F)C(F)(F)C(F)(F)C(F)(F)C(F)(F)C(F)(F)C(F)(F)F)CSC(F)(F)C(F)(F)C(F)(F)C(F)(F)C(F)(F)C(F)(F)C(F)(F)C(F)(F)C(F)(F)C(F)(F)F. The summed E-state index contributed by atoms with van der Waals surface area (Å²) in [7, 11) is 0. The van der Waals surface area contributed by atoms with E-state index in [9.17, 15) is 190 Å². The van der Waals surface area contributed by atoms with E-state index in [2.05, 4.69) is 0 Å². The van der Waals surface area contributed by atoms with E-state index in [1.165, 1.54) is 0 Å². The van der Waals surface area contributed by atoms with Crippen LogP contribution < -0.4 is 0 Å². The molecule has 0 unspecified atom stereocenters. The Labute approximate surface area is 381 Å². The van der Waals surface area contributed by atoms with Crippen molar-refractivity contribution in [2.24, 2.45) is 5.41 Å². The maximum atomic E-state index is 14.5. The van der Waals surface area contributed by atoms with Crippen LogP contribution in [0.15, 0.2) is 0 Å². The third-order valence-corrected chi connectivity index (χ3v) is 13.1. The normalized spacial score (nSPS) is 17.1. The quantitative estimate of drug-likeness (QED) is 0.0591. The fraction of sp³-hybridized carbons (Fsp3) is 1.00. The van der Waals surface area contributed by atoms with Gasteiger partial charge in [-0.1, -0.05) is 46.1 Å². The first-order valence-corrected chi connectivity index (χ1v) is 18.9. The molecule has 0 saturated carbocycles. The van der Waals surface area contributed by atoms with Gasteiger partial charge in [0.2, 0.25) is 0 Å². The van der Waals surface area contributed by atoms with Gasteiger partial charge in [-0.05, 0) is 0 Å². The molecule has 1 nitrogen and oxygen atoms in total. The van der Waals surface area contributed by atoms with E-state index in [1.807, 2.05) is 0 Å². The lowest BCUT2D eigenvalue weighted by Crippen LogP contribution is -2.76. The highest BCUT2D eigenvalue weighted by Gasteiger charge is 3.00. The maximum absolute atomic E-state index is 14.5. The van der Waals surface area contributed by atoms with Crippen molar-refractivity contribution in [3.05, 3.63) is 0 Å². The van der Waals surface area contributed by atoms with Gasteiger partial charge in [0.05, 0.1) is 6.61 Å². The number of hydrogen-bond donors (Lipinski definition) is 1. The molecule has 71 heavy (non-hydrogen) atoms. The van der Waals surface area contributed by atoms with Gasteiger partial charge in [-0.25, -0.2) is 0 Å². The zero-order valence-corrected chi connectivity index (χ0v) is 34.6. The number of hydrogen-bond acceptors (Lipinski definition) is 3. The molecule has 0 rings (SSSR count). The molecule has 46 heteroatoms. The summed E-state index contributed by atoms with van der Waals surface area (Å²) >= 11 is -5.35. The van der Waals surface area contributed by atoms with E-state index in [0.717, 1.165) is 0 Å². The summed E-state index contributed by atoms with van der Waals surface area (Å²) in [5, 5.41) is -6.19. The summed E-state index contributed by atoms with van der Waals surface area (Å²) in [6.07, 6.45) is -16.7. The van der Waals surface area contributed by atoms with Crippen LogP contribution in [0.3, 0.4) is 0 Å². The van der Waals surface area contributed by atoms with Crippen LogP contribution in [0.5, 0.6) is 0 Å². The van der Waals surface area contributed by atoms with Crippen molar-refractivity contribution >= 4 is 46.1 Å². The molecule has 1 N–H and O–H groups in total. The Morgan fingerprint density at radius 2 is 0.380 bits per heavy atom. The number of aliphatic hydroxyl groups is 1. The van der Waals surface area contributed by atoms with E-state index in [4.69, 9.17) is 0 Å². The summed E-state index contributed by atoms with van der Waals surface area (Å²) in [6, 6.07) is 0. The average molecular weight is 1310 g/mol. The molecule has 0 aliphatic rings. The van der Waals surface area contributed by atoms with Crippen LogP contribution in [-0.2, 0) is 0 Å². The molecule has 0 aromatic carbocycles. The molecule has 0 aromatic rings. The third-order valence-electron chi connectivity index (χ3n) is 8.70. The lowest BCUT2D eigenvalue weighted by molar-refractivity contribution is -0.472. The van der Waals surface area contributed by atoms with Crippen molar-refractivity contribution in [3.63, 3.8) is 0 Å². The number of halogens is 43. The van der Waals surface area contributed by atoms with Crippen molar-refractivity contribution in [2.75, 3.05) is 22.5 Å². The third kappa shape index (κ3) is 9.28. The van der Waals surface area contributed by atoms with Crippen molar-refractivity contribution in [1.82, 2.24) is 0 Å². The van der Waals surface area contributed by atoms with Crippen molar-refractivity contribution in [1.29, 1.82) is 0 Å². The van der Waals surface area contributed by atoms with Crippen LogP contribution in [0.1, 0.15) is 0 Å². The van der Waals surface area contributed by atoms with Gasteiger partial charge in [-0.2, -0.15) is 184 Å². The first-order valence-electron chi connectivity index (χ1n) is 15.4.